The van der Waals surface area contributed by atoms with Gasteiger partial charge in [-0.3, -0.25) is 91.0 Å². The molecule has 0 aromatic carbocycles. The molecule has 0 saturated carbocycles. The highest BCUT2D eigenvalue weighted by Crippen LogP contribution is 2.19. The van der Waals surface area contributed by atoms with Crippen LogP contribution in [-0.2, 0) is 0 Å². The van der Waals surface area contributed by atoms with Crippen molar-refractivity contribution in [3.05, 3.63) is 91.0 Å². The van der Waals surface area contributed by atoms with E-state index in [0.29, 0.717) is 0 Å². The zero-order valence-corrected chi connectivity index (χ0v) is 19.3. The van der Waals surface area contributed by atoms with Crippen molar-refractivity contribution >= 4 is 17.8 Å². The molecule has 0 aliphatic rings. The third-order valence-corrected chi connectivity index (χ3v) is 4.72. The topological polar surface area (TPSA) is 463 Å². The van der Waals surface area contributed by atoms with E-state index in [0.717, 1.165) is 0 Å². The molecule has 1 rings (SSSR count). The van der Waals surface area contributed by atoms with Crippen LogP contribution < -0.4 is 16.0 Å². The van der Waals surface area contributed by atoms with Crippen molar-refractivity contribution in [2.75, 3.05) is 35.6 Å². The van der Waals surface area contributed by atoms with Crippen LogP contribution in [0, 0.1) is 91.0 Å². The Balaban J connectivity index is 3.67. The Morgan fingerprint density at radius 2 is 0.524 bits per heavy atom. The first-order valence-corrected chi connectivity index (χ1v) is 9.51. The molecule has 33 nitrogen and oxygen atoms in total. The lowest BCUT2D eigenvalue weighted by molar-refractivity contribution is -0.965. The fraction of sp³-hybridized carbons (Fsp3) is 0.667. The van der Waals surface area contributed by atoms with Gasteiger partial charge in [0.25, 0.3) is 0 Å². The van der Waals surface area contributed by atoms with Crippen LogP contribution in [-0.4, -0.2) is 96.3 Å². The molecule has 0 unspecified atom stereocenters. The van der Waals surface area contributed by atoms with E-state index in [4.69, 9.17) is 0 Å². The molecule has 0 bridgehead atoms. The number of hydrogen-bond donors (Lipinski definition) is 3. The van der Waals surface area contributed by atoms with Crippen molar-refractivity contribution in [3.63, 3.8) is 0 Å². The molecule has 1 heterocycles. The molecule has 0 spiro atoms. The number of nitro groups is 9. The Labute approximate surface area is 222 Å². The fourth-order valence-electron chi connectivity index (χ4n) is 2.39. The van der Waals surface area contributed by atoms with Crippen molar-refractivity contribution in [2.24, 2.45) is 0 Å². The number of hydrogen-bond acceptors (Lipinski definition) is 24. The number of nitrogens with one attached hydrogen (secondary N) is 3. The molecular weight excluding hydrogens is 606 g/mol. The third-order valence-electron chi connectivity index (χ3n) is 4.72. The lowest BCUT2D eigenvalue weighted by Gasteiger charge is -2.14. The van der Waals surface area contributed by atoms with Gasteiger partial charge in [-0.1, -0.05) is 0 Å². The van der Waals surface area contributed by atoms with Crippen LogP contribution in [0.3, 0.4) is 0 Å². The predicted octanol–water partition coefficient (Wildman–Crippen LogP) is -3.44. The molecule has 0 saturated heterocycles. The fourth-order valence-corrected chi connectivity index (χ4v) is 2.39. The van der Waals surface area contributed by atoms with Gasteiger partial charge in [-0.05, 0) is 0 Å². The summed E-state index contributed by atoms with van der Waals surface area (Å²) >= 11 is 0. The molecule has 228 valence electrons. The Bertz CT molecular complexity index is 1100. The van der Waals surface area contributed by atoms with Crippen LogP contribution in [0.15, 0.2) is 0 Å². The molecular formula is C9H9N15O18. The minimum absolute atomic E-state index is 1.28. The minimum atomic E-state index is -4.25. The first-order valence-electron chi connectivity index (χ1n) is 9.51. The van der Waals surface area contributed by atoms with Gasteiger partial charge >= 0.3 is 17.4 Å². The van der Waals surface area contributed by atoms with Crippen molar-refractivity contribution in [1.82, 2.24) is 15.0 Å². The summed E-state index contributed by atoms with van der Waals surface area (Å²) in [5, 5.41) is 105. The van der Waals surface area contributed by atoms with E-state index >= 15 is 0 Å². The smallest absolute Gasteiger partial charge is 0.333 e. The molecule has 0 aliphatic carbocycles. The van der Waals surface area contributed by atoms with Crippen LogP contribution in [0.1, 0.15) is 0 Å². The first-order chi connectivity index (χ1) is 19.2. The molecule has 0 aliphatic heterocycles. The van der Waals surface area contributed by atoms with E-state index in [1.165, 1.54) is 0 Å². The molecule has 0 atom stereocenters. The Hall–Kier alpha value is -6.99. The van der Waals surface area contributed by atoms with Crippen LogP contribution in [0.2, 0.25) is 0 Å². The van der Waals surface area contributed by atoms with E-state index in [1.807, 2.05) is 0 Å². The average Bonchev–Trinajstić information content (AvgIpc) is 2.83. The second-order valence-electron chi connectivity index (χ2n) is 7.00. The van der Waals surface area contributed by atoms with Crippen LogP contribution in [0.4, 0.5) is 17.8 Å². The highest BCUT2D eigenvalue weighted by atomic mass is 16.8. The number of rotatable bonds is 18. The second kappa shape index (κ2) is 11.8. The highest BCUT2D eigenvalue weighted by molar-refractivity contribution is 5.42. The molecule has 33 heteroatoms. The van der Waals surface area contributed by atoms with Crippen molar-refractivity contribution in [3.8, 4) is 0 Å². The van der Waals surface area contributed by atoms with Gasteiger partial charge in [0.05, 0.1) is 0 Å². The Morgan fingerprint density at radius 1 is 0.381 bits per heavy atom. The molecule has 1 aromatic heterocycles. The lowest BCUT2D eigenvalue weighted by atomic mass is 10.3. The van der Waals surface area contributed by atoms with Gasteiger partial charge < -0.3 is 16.0 Å². The van der Waals surface area contributed by atoms with Crippen molar-refractivity contribution in [2.45, 2.75) is 17.4 Å². The predicted molar refractivity (Wildman–Crippen MR) is 116 cm³/mol. The third kappa shape index (κ3) is 5.70. The van der Waals surface area contributed by atoms with E-state index in [-0.39, 0.29) is 0 Å². The number of nitrogens with zero attached hydrogens (tertiary/aromatic N) is 12. The summed E-state index contributed by atoms with van der Waals surface area (Å²) in [5.74, 6) is -16.6. The molecule has 0 amide bonds. The lowest BCUT2D eigenvalue weighted by Crippen LogP contribution is -2.58. The van der Waals surface area contributed by atoms with Crippen LogP contribution in [0.5, 0.6) is 0 Å². The zero-order valence-electron chi connectivity index (χ0n) is 19.3. The van der Waals surface area contributed by atoms with Gasteiger partial charge in [-0.15, -0.1) is 0 Å². The highest BCUT2D eigenvalue weighted by Gasteiger charge is 2.72. The van der Waals surface area contributed by atoms with E-state index in [1.54, 1.807) is 16.0 Å². The summed E-state index contributed by atoms with van der Waals surface area (Å²) < 4.78 is 0. The van der Waals surface area contributed by atoms with E-state index < -0.39 is 99.1 Å². The van der Waals surface area contributed by atoms with Crippen LogP contribution in [0.25, 0.3) is 0 Å². The van der Waals surface area contributed by atoms with Gasteiger partial charge in [0.15, 0.2) is 44.3 Å². The molecule has 42 heavy (non-hydrogen) atoms. The van der Waals surface area contributed by atoms with Gasteiger partial charge in [0.1, 0.15) is 0 Å². The molecule has 0 radical (unpaired) electrons. The SMILES string of the molecule is O=[N+]([O-])C(CNc1nc(NCC([N+](=O)[O-])([N+](=O)[O-])[N+](=O)[O-])nc(NCC([N+](=O)[O-])([N+](=O)[O-])[N+](=O)[O-])n1)([N+](=O)[O-])[N+](=O)[O-]. The van der Waals surface area contributed by atoms with Gasteiger partial charge in [0, 0.05) is 0 Å². The standard InChI is InChI=1S/C9H9N15O18/c25-16(26)7(17(27)28,18(29)30)1-10-4-13-5(11-2-8(19(31)32,20(33)34)21(35)36)15-6(14-4)12-3-9(22(37)38,23(39)40)24(41)42/h1-3H2,(H3,10,11,12,13,14,15). The summed E-state index contributed by atoms with van der Waals surface area (Å²) in [6, 6.07) is 0. The summed E-state index contributed by atoms with van der Waals surface area (Å²) in [6.45, 7) is -5.77. The quantitative estimate of drug-likeness (QED) is 0.0820. The van der Waals surface area contributed by atoms with Gasteiger partial charge in [-0.2, -0.15) is 15.0 Å². The first kappa shape index (κ1) is 33.0. The maximum atomic E-state index is 11.1. The summed E-state index contributed by atoms with van der Waals surface area (Å²) in [6.07, 6.45) is 0. The van der Waals surface area contributed by atoms with Gasteiger partial charge in [0.2, 0.25) is 37.5 Å². The van der Waals surface area contributed by atoms with Crippen molar-refractivity contribution in [1.29, 1.82) is 0 Å². The monoisotopic (exact) mass is 615 g/mol. The van der Waals surface area contributed by atoms with Crippen molar-refractivity contribution < 1.29 is 44.3 Å². The second-order valence-corrected chi connectivity index (χ2v) is 7.00. The van der Waals surface area contributed by atoms with E-state index in [9.17, 15) is 91.0 Å². The number of aromatic nitrogens is 3. The van der Waals surface area contributed by atoms with Crippen LogP contribution >= 0.6 is 0 Å². The zero-order chi connectivity index (χ0) is 32.8. The van der Waals surface area contributed by atoms with Gasteiger partial charge in [-0.25, -0.2) is 0 Å². The maximum absolute atomic E-state index is 11.1. The summed E-state index contributed by atoms with van der Waals surface area (Å²) in [7, 11) is 0. The molecule has 3 N–H and O–H groups in total. The normalized spacial score (nSPS) is 11.4. The molecule has 0 fully saturated rings. The largest absolute Gasteiger partial charge is 0.717 e. The Morgan fingerprint density at radius 3 is 0.643 bits per heavy atom. The van der Waals surface area contributed by atoms with E-state index in [2.05, 4.69) is 15.0 Å². The summed E-state index contributed by atoms with van der Waals surface area (Å²) in [5.41, 5.74) is 0. The Kier molecular flexibility index (Phi) is 9.29. The number of anilines is 3. The average molecular weight is 615 g/mol. The molecule has 1 aromatic rings. The maximum Gasteiger partial charge on any atom is 0.717 e. The minimum Gasteiger partial charge on any atom is -0.333 e. The summed E-state index contributed by atoms with van der Waals surface area (Å²) in [4.78, 5) is 91.6.